The van der Waals surface area contributed by atoms with Gasteiger partial charge in [0.05, 0.1) is 0 Å². The predicted octanol–water partition coefficient (Wildman–Crippen LogP) is 8.26. The Kier molecular flexibility index (Phi) is 8.03. The van der Waals surface area contributed by atoms with Crippen LogP contribution in [0.2, 0.25) is 26.2 Å². The van der Waals surface area contributed by atoms with Gasteiger partial charge in [-0.1, -0.05) is 0 Å². The normalized spacial score (nSPS) is 19.8. The van der Waals surface area contributed by atoms with Gasteiger partial charge in [0.1, 0.15) is 0 Å². The van der Waals surface area contributed by atoms with Gasteiger partial charge in [-0.25, -0.2) is 0 Å². The van der Waals surface area contributed by atoms with Crippen LogP contribution in [0.25, 0.3) is 0 Å². The third-order valence-corrected chi connectivity index (χ3v) is 30.1. The molecule has 2 aromatic rings. The van der Waals surface area contributed by atoms with E-state index < -0.39 is 60.3 Å². The average molecular weight is 648 g/mol. The molecule has 0 nitrogen and oxygen atoms in total. The molecule has 0 saturated carbocycles. The van der Waals surface area contributed by atoms with Crippen LogP contribution in [0.15, 0.2) is 93.4 Å². The molecule has 3 heteroatoms. The fourth-order valence-electron chi connectivity index (χ4n) is 7.33. The van der Waals surface area contributed by atoms with Gasteiger partial charge in [0.15, 0.2) is 0 Å². The van der Waals surface area contributed by atoms with Crippen LogP contribution in [0, 0.1) is 10.8 Å². The number of rotatable bonds is 6. The summed E-state index contributed by atoms with van der Waals surface area (Å²) in [6, 6.07) is 22.9. The van der Waals surface area contributed by atoms with E-state index in [1.54, 1.807) is 43.1 Å². The maximum absolute atomic E-state index is 2.61. The SMILES string of the molecule is CC1=C(C)C(C)(C)[C]([Ba][C]2=C([Si](C)(C)c3ccccc3)C(C)=C(C)C2(C)C)=C1[Si](C)(C)c1ccccc1. The Hall–Kier alpha value is -0.595. The molecule has 0 saturated heterocycles. The van der Waals surface area contributed by atoms with Crippen molar-refractivity contribution in [2.75, 3.05) is 0 Å². The van der Waals surface area contributed by atoms with E-state index in [9.17, 15) is 0 Å². The minimum atomic E-state index is -1.83. The summed E-state index contributed by atoms with van der Waals surface area (Å²) in [5, 5.41) is 6.74. The summed E-state index contributed by atoms with van der Waals surface area (Å²) in [6.07, 6.45) is 0. The molecule has 0 radical (unpaired) electrons. The van der Waals surface area contributed by atoms with Crippen molar-refractivity contribution in [3.8, 4) is 0 Å². The maximum atomic E-state index is 2.61. The van der Waals surface area contributed by atoms with E-state index in [2.05, 4.69) is 142 Å². The second kappa shape index (κ2) is 10.1. The molecular formula is C34H46BaSi2. The van der Waals surface area contributed by atoms with Crippen LogP contribution < -0.4 is 10.4 Å². The van der Waals surface area contributed by atoms with E-state index in [1.807, 2.05) is 0.0821 Å². The van der Waals surface area contributed by atoms with Gasteiger partial charge in [0.25, 0.3) is 0 Å². The number of hydrogen-bond donors (Lipinski definition) is 0. The van der Waals surface area contributed by atoms with E-state index in [0.717, 1.165) is 0 Å². The van der Waals surface area contributed by atoms with Crippen LogP contribution in [0.3, 0.4) is 0 Å². The summed E-state index contributed by atoms with van der Waals surface area (Å²) >= 11 is -1.75. The van der Waals surface area contributed by atoms with Crippen molar-refractivity contribution in [3.63, 3.8) is 0 Å². The van der Waals surface area contributed by atoms with Gasteiger partial charge in [-0.2, -0.15) is 0 Å². The van der Waals surface area contributed by atoms with Crippen molar-refractivity contribution < 1.29 is 0 Å². The zero-order valence-corrected chi connectivity index (χ0v) is 31.9. The molecule has 0 aliphatic heterocycles. The molecule has 0 amide bonds. The van der Waals surface area contributed by atoms with Gasteiger partial charge >= 0.3 is 257 Å². The van der Waals surface area contributed by atoms with Crippen molar-refractivity contribution in [2.45, 2.75) is 81.6 Å². The molecular weight excluding hydrogens is 602 g/mol. The van der Waals surface area contributed by atoms with Crippen LogP contribution >= 0.6 is 0 Å². The molecule has 0 bridgehead atoms. The first-order chi connectivity index (χ1) is 17.1. The monoisotopic (exact) mass is 648 g/mol. The summed E-state index contributed by atoms with van der Waals surface area (Å²) in [7, 11) is -3.67. The predicted molar refractivity (Wildman–Crippen MR) is 171 cm³/mol. The molecule has 0 heterocycles. The first-order valence-electron chi connectivity index (χ1n) is 14.0. The summed E-state index contributed by atoms with van der Waals surface area (Å²) in [4.78, 5) is 0. The zero-order valence-electron chi connectivity index (χ0n) is 25.5. The molecule has 2 aliphatic carbocycles. The Morgan fingerprint density at radius 3 is 1.11 bits per heavy atom. The van der Waals surface area contributed by atoms with Gasteiger partial charge in [-0.05, 0) is 0 Å². The van der Waals surface area contributed by atoms with Gasteiger partial charge in [0.2, 0.25) is 0 Å². The van der Waals surface area contributed by atoms with Crippen LogP contribution in [0.5, 0.6) is 0 Å². The Bertz CT molecular complexity index is 1240. The molecule has 0 N–H and O–H groups in total. The number of benzene rings is 2. The van der Waals surface area contributed by atoms with E-state index in [4.69, 9.17) is 0 Å². The summed E-state index contributed by atoms with van der Waals surface area (Å²) < 4.78 is 3.81. The molecule has 2 aromatic carbocycles. The van der Waals surface area contributed by atoms with E-state index in [-0.39, 0.29) is 10.8 Å². The quantitative estimate of drug-likeness (QED) is 0.277. The average Bonchev–Trinajstić information content (AvgIpc) is 3.14. The van der Waals surface area contributed by atoms with Gasteiger partial charge in [-0.3, -0.25) is 0 Å². The van der Waals surface area contributed by atoms with Crippen LogP contribution in [0.4, 0.5) is 0 Å². The Morgan fingerprint density at radius 1 is 0.514 bits per heavy atom. The van der Waals surface area contributed by atoms with Gasteiger partial charge in [0, 0.05) is 0 Å². The van der Waals surface area contributed by atoms with Crippen LogP contribution in [-0.2, 0) is 0 Å². The number of hydrogen-bond acceptors (Lipinski definition) is 0. The van der Waals surface area contributed by atoms with E-state index in [1.165, 1.54) is 0 Å². The first kappa shape index (κ1) is 29.4. The Morgan fingerprint density at radius 2 is 0.811 bits per heavy atom. The van der Waals surface area contributed by atoms with Crippen molar-refractivity contribution in [2.24, 2.45) is 10.8 Å². The number of allylic oxidation sites excluding steroid dienone is 8. The molecule has 0 aromatic heterocycles. The molecule has 0 atom stereocenters. The third-order valence-electron chi connectivity index (χ3n) is 10.5. The summed E-state index contributed by atoms with van der Waals surface area (Å²) in [6.45, 7) is 30.3. The molecule has 4 rings (SSSR count). The molecule has 2 aliphatic rings. The molecule has 192 valence electrons. The second-order valence-electron chi connectivity index (χ2n) is 13.6. The fourth-order valence-corrected chi connectivity index (χ4v) is 32.3. The van der Waals surface area contributed by atoms with Crippen LogP contribution in [0.1, 0.15) is 55.4 Å². The topological polar surface area (TPSA) is 0 Å². The summed E-state index contributed by atoms with van der Waals surface area (Å²) in [5.74, 6) is 0. The molecule has 0 fully saturated rings. The fraction of sp³-hybridized carbons (Fsp3) is 0.412. The standard InChI is InChI=1S/2C17H23Si.Ba/c2*1-13-14(2)17(3,4)12-16(13)18(5,6)15-10-8-7-9-11-15;/h2*7-11H,1-6H3;. The van der Waals surface area contributed by atoms with E-state index >= 15 is 0 Å². The summed E-state index contributed by atoms with van der Waals surface area (Å²) in [5.41, 5.74) is 6.81. The minimum absolute atomic E-state index is 0.178. The van der Waals surface area contributed by atoms with E-state index in [0.29, 0.717) is 0 Å². The first-order valence-corrected chi connectivity index (χ1v) is 24.5. The van der Waals surface area contributed by atoms with Crippen LogP contribution in [-0.4, -0.2) is 60.3 Å². The van der Waals surface area contributed by atoms with Gasteiger partial charge in [-0.15, -0.1) is 0 Å². The van der Waals surface area contributed by atoms with Crippen molar-refractivity contribution >= 4 is 70.7 Å². The third kappa shape index (κ3) is 4.73. The Labute approximate surface area is 253 Å². The molecule has 37 heavy (non-hydrogen) atoms. The molecule has 0 spiro atoms. The van der Waals surface area contributed by atoms with Crippen molar-refractivity contribution in [3.05, 3.63) is 93.4 Å². The van der Waals surface area contributed by atoms with Crippen molar-refractivity contribution in [1.29, 1.82) is 0 Å². The van der Waals surface area contributed by atoms with Crippen molar-refractivity contribution in [1.82, 2.24) is 0 Å². The Balaban J connectivity index is 1.99. The van der Waals surface area contributed by atoms with Gasteiger partial charge < -0.3 is 0 Å². The second-order valence-corrected chi connectivity index (χ2v) is 27.8. The zero-order chi connectivity index (χ0) is 27.6. The molecule has 0 unspecified atom stereocenters.